The second-order valence-electron chi connectivity index (χ2n) is 2.53. The van der Waals surface area contributed by atoms with Gasteiger partial charge in [0.1, 0.15) is 5.69 Å². The molecule has 0 radical (unpaired) electrons. The predicted octanol–water partition coefficient (Wildman–Crippen LogP) is 0.492. The first kappa shape index (κ1) is 10.1. The quantitative estimate of drug-likeness (QED) is 0.541. The van der Waals surface area contributed by atoms with Crippen LogP contribution in [-0.2, 0) is 4.79 Å². The normalized spacial score (nSPS) is 9.50. The van der Waals surface area contributed by atoms with E-state index in [4.69, 9.17) is 5.73 Å². The second-order valence-corrected chi connectivity index (χ2v) is 2.53. The number of para-hydroxylation sites is 2. The number of nitrogens with two attached hydrogens (primary N) is 1. The third-order valence-corrected chi connectivity index (χ3v) is 1.56. The Balaban J connectivity index is 2.95. The third kappa shape index (κ3) is 2.27. The van der Waals surface area contributed by atoms with Crippen LogP contribution < -0.4 is 11.1 Å². The lowest BCUT2D eigenvalue weighted by Gasteiger charge is -2.03. The number of benzene rings is 1. The molecule has 0 saturated heterocycles. The van der Waals surface area contributed by atoms with Gasteiger partial charge in [0.25, 0.3) is 5.69 Å². The van der Waals surface area contributed by atoms with Crippen LogP contribution >= 0.6 is 0 Å². The molecule has 14 heavy (non-hydrogen) atoms. The maximum atomic E-state index is 10.9. The van der Waals surface area contributed by atoms with Crippen LogP contribution in [0, 0.1) is 10.1 Å². The van der Waals surface area contributed by atoms with Crippen LogP contribution in [0.15, 0.2) is 24.3 Å². The molecule has 74 valence electrons. The average Bonchev–Trinajstić information content (AvgIpc) is 2.18. The van der Waals surface area contributed by atoms with Crippen molar-refractivity contribution in [3.8, 4) is 0 Å². The summed E-state index contributed by atoms with van der Waals surface area (Å²) in [6.07, 6.45) is 0. The Bertz CT molecular complexity index is 365. The van der Waals surface area contributed by atoms with E-state index in [1.807, 2.05) is 0 Å². The molecule has 0 saturated carbocycles. The first-order valence-electron chi connectivity index (χ1n) is 3.88. The van der Waals surface area contributed by atoms with Crippen LogP contribution in [0.4, 0.5) is 11.4 Å². The van der Waals surface area contributed by atoms with Gasteiger partial charge in [-0.15, -0.1) is 0 Å². The summed E-state index contributed by atoms with van der Waals surface area (Å²) in [5.74, 6) is -0.459. The summed E-state index contributed by atoms with van der Waals surface area (Å²) in [6, 6.07) is 5.88. The molecule has 0 heterocycles. The molecule has 3 N–H and O–H groups in total. The smallest absolute Gasteiger partial charge is 0.292 e. The van der Waals surface area contributed by atoms with E-state index in [0.717, 1.165) is 0 Å². The third-order valence-electron chi connectivity index (χ3n) is 1.56. The number of carbonyl (C=O) groups is 1. The fourth-order valence-corrected chi connectivity index (χ4v) is 0.940. The minimum Gasteiger partial charge on any atom is -0.322 e. The molecule has 0 spiro atoms. The van der Waals surface area contributed by atoms with Gasteiger partial charge in [-0.1, -0.05) is 12.1 Å². The maximum Gasteiger partial charge on any atom is 0.292 e. The van der Waals surface area contributed by atoms with Crippen molar-refractivity contribution in [3.05, 3.63) is 34.4 Å². The lowest BCUT2D eigenvalue weighted by Crippen LogP contribution is -2.22. The van der Waals surface area contributed by atoms with Gasteiger partial charge in [0, 0.05) is 6.07 Å². The SMILES string of the molecule is NCC(=O)Nc1ccccc1[N+](=O)[O-]. The number of nitrogens with zero attached hydrogens (tertiary/aromatic N) is 1. The van der Waals surface area contributed by atoms with Crippen molar-refractivity contribution in [2.75, 3.05) is 11.9 Å². The zero-order valence-electron chi connectivity index (χ0n) is 7.27. The van der Waals surface area contributed by atoms with Crippen LogP contribution in [0.25, 0.3) is 0 Å². The van der Waals surface area contributed by atoms with Gasteiger partial charge in [-0.25, -0.2) is 0 Å². The molecule has 6 heteroatoms. The predicted molar refractivity (Wildman–Crippen MR) is 50.8 cm³/mol. The second kappa shape index (κ2) is 4.33. The molecule has 6 nitrogen and oxygen atoms in total. The van der Waals surface area contributed by atoms with Crippen LogP contribution in [-0.4, -0.2) is 17.4 Å². The maximum absolute atomic E-state index is 10.9. The van der Waals surface area contributed by atoms with Gasteiger partial charge in [-0.05, 0) is 6.07 Å². The summed E-state index contributed by atoms with van der Waals surface area (Å²) >= 11 is 0. The van der Waals surface area contributed by atoms with Crippen LogP contribution in [0.5, 0.6) is 0 Å². The van der Waals surface area contributed by atoms with Gasteiger partial charge >= 0.3 is 0 Å². The Labute approximate surface area is 79.9 Å². The van der Waals surface area contributed by atoms with Crippen LogP contribution in [0.2, 0.25) is 0 Å². The molecule has 0 fully saturated rings. The van der Waals surface area contributed by atoms with Gasteiger partial charge in [0.2, 0.25) is 5.91 Å². The van der Waals surface area contributed by atoms with E-state index in [1.165, 1.54) is 18.2 Å². The summed E-state index contributed by atoms with van der Waals surface area (Å²) in [4.78, 5) is 20.8. The number of hydrogen-bond donors (Lipinski definition) is 2. The molecule has 0 aliphatic rings. The summed E-state index contributed by atoms with van der Waals surface area (Å²) in [7, 11) is 0. The van der Waals surface area contributed by atoms with E-state index < -0.39 is 10.8 Å². The minimum atomic E-state index is -0.563. The number of nitro groups is 1. The first-order valence-corrected chi connectivity index (χ1v) is 3.88. The average molecular weight is 195 g/mol. The van der Waals surface area contributed by atoms with E-state index in [-0.39, 0.29) is 17.9 Å². The van der Waals surface area contributed by atoms with Gasteiger partial charge in [0.15, 0.2) is 0 Å². The molecular formula is C8H9N3O3. The molecule has 0 bridgehead atoms. The number of hydrogen-bond acceptors (Lipinski definition) is 4. The molecule has 0 unspecified atom stereocenters. The number of amides is 1. The van der Waals surface area contributed by atoms with E-state index >= 15 is 0 Å². The van der Waals surface area contributed by atoms with Gasteiger partial charge in [0.05, 0.1) is 11.5 Å². The lowest BCUT2D eigenvalue weighted by atomic mass is 10.2. The summed E-state index contributed by atoms with van der Waals surface area (Å²) in [6.45, 7) is -0.202. The Morgan fingerprint density at radius 1 is 1.50 bits per heavy atom. The summed E-state index contributed by atoms with van der Waals surface area (Å²) in [5.41, 5.74) is 5.08. The first-order chi connectivity index (χ1) is 6.65. The fraction of sp³-hybridized carbons (Fsp3) is 0.125. The highest BCUT2D eigenvalue weighted by atomic mass is 16.6. The van der Waals surface area contributed by atoms with Crippen molar-refractivity contribution in [1.29, 1.82) is 0 Å². The Morgan fingerprint density at radius 2 is 2.14 bits per heavy atom. The number of nitro benzene ring substituents is 1. The highest BCUT2D eigenvalue weighted by Gasteiger charge is 2.13. The van der Waals surface area contributed by atoms with Gasteiger partial charge in [-0.2, -0.15) is 0 Å². The van der Waals surface area contributed by atoms with Crippen molar-refractivity contribution >= 4 is 17.3 Å². The van der Waals surface area contributed by atoms with Crippen molar-refractivity contribution in [1.82, 2.24) is 0 Å². The molecule has 0 aliphatic heterocycles. The van der Waals surface area contributed by atoms with Gasteiger partial charge < -0.3 is 11.1 Å². The van der Waals surface area contributed by atoms with Crippen LogP contribution in [0.3, 0.4) is 0 Å². The fourth-order valence-electron chi connectivity index (χ4n) is 0.940. The van der Waals surface area contributed by atoms with E-state index in [0.29, 0.717) is 0 Å². The molecule has 0 aromatic heterocycles. The molecule has 1 amide bonds. The van der Waals surface area contributed by atoms with Gasteiger partial charge in [-0.3, -0.25) is 14.9 Å². The lowest BCUT2D eigenvalue weighted by molar-refractivity contribution is -0.383. The topological polar surface area (TPSA) is 98.3 Å². The van der Waals surface area contributed by atoms with E-state index in [1.54, 1.807) is 6.07 Å². The standard InChI is InChI=1S/C8H9N3O3/c9-5-8(12)10-6-3-1-2-4-7(6)11(13)14/h1-4H,5,9H2,(H,10,12). The van der Waals surface area contributed by atoms with E-state index in [2.05, 4.69) is 5.32 Å². The number of nitrogens with one attached hydrogen (secondary N) is 1. The highest BCUT2D eigenvalue weighted by molar-refractivity contribution is 5.94. The van der Waals surface area contributed by atoms with Crippen molar-refractivity contribution < 1.29 is 9.72 Å². The highest BCUT2D eigenvalue weighted by Crippen LogP contribution is 2.22. The number of carbonyl (C=O) groups excluding carboxylic acids is 1. The minimum absolute atomic E-state index is 0.144. The Hall–Kier alpha value is -1.95. The molecule has 1 aromatic carbocycles. The van der Waals surface area contributed by atoms with Crippen LogP contribution in [0.1, 0.15) is 0 Å². The molecule has 0 atom stereocenters. The zero-order valence-corrected chi connectivity index (χ0v) is 7.27. The largest absolute Gasteiger partial charge is 0.322 e. The monoisotopic (exact) mass is 195 g/mol. The van der Waals surface area contributed by atoms with E-state index in [9.17, 15) is 14.9 Å². The van der Waals surface area contributed by atoms with Crippen molar-refractivity contribution in [2.24, 2.45) is 5.73 Å². The Kier molecular flexibility index (Phi) is 3.14. The Morgan fingerprint density at radius 3 is 2.71 bits per heavy atom. The number of anilines is 1. The molecule has 0 aliphatic carbocycles. The number of rotatable bonds is 3. The summed E-state index contributed by atoms with van der Waals surface area (Å²) in [5, 5.41) is 12.9. The molecular weight excluding hydrogens is 186 g/mol. The summed E-state index contributed by atoms with van der Waals surface area (Å²) < 4.78 is 0. The molecule has 1 aromatic rings. The zero-order chi connectivity index (χ0) is 10.6. The molecule has 1 rings (SSSR count). The van der Waals surface area contributed by atoms with Crippen molar-refractivity contribution in [3.63, 3.8) is 0 Å². The van der Waals surface area contributed by atoms with Crippen molar-refractivity contribution in [2.45, 2.75) is 0 Å².